The van der Waals surface area contributed by atoms with Crippen molar-refractivity contribution >= 4 is 39.0 Å². The fourth-order valence-electron chi connectivity index (χ4n) is 3.08. The van der Waals surface area contributed by atoms with Crippen LogP contribution in [0.3, 0.4) is 0 Å². The summed E-state index contributed by atoms with van der Waals surface area (Å²) in [5.74, 6) is -1.05. The number of nitrogens with one attached hydrogen (secondary N) is 2. The molecule has 10 nitrogen and oxygen atoms in total. The van der Waals surface area contributed by atoms with Gasteiger partial charge in [-0.15, -0.1) is 0 Å². The van der Waals surface area contributed by atoms with Gasteiger partial charge >= 0.3 is 0 Å². The number of benzene rings is 2. The fourth-order valence-corrected chi connectivity index (χ4v) is 4.13. The van der Waals surface area contributed by atoms with Crippen molar-refractivity contribution in [1.29, 1.82) is 0 Å². The number of aryl methyl sites for hydroxylation is 3. The highest BCUT2D eigenvalue weighted by Gasteiger charge is 2.23. The predicted molar refractivity (Wildman–Crippen MR) is 127 cm³/mol. The maximum absolute atomic E-state index is 12.6. The highest BCUT2D eigenvalue weighted by Crippen LogP contribution is 2.23. The van der Waals surface area contributed by atoms with Crippen molar-refractivity contribution in [3.8, 4) is 0 Å². The number of hydrogen-bond donors (Lipinski definition) is 2. The third kappa shape index (κ3) is 5.93. The Balaban J connectivity index is 1.73. The van der Waals surface area contributed by atoms with Crippen molar-refractivity contribution in [3.05, 3.63) is 64.8 Å². The van der Waals surface area contributed by atoms with Gasteiger partial charge in [0.15, 0.2) is 5.78 Å². The van der Waals surface area contributed by atoms with E-state index in [0.717, 1.165) is 11.1 Å². The summed E-state index contributed by atoms with van der Waals surface area (Å²) in [6.07, 6.45) is 0. The number of amides is 1. The first-order chi connectivity index (χ1) is 16.0. The number of Topliss-reactive ketones (excluding diaryl/α,β-unsaturated/α-hetero) is 1. The van der Waals surface area contributed by atoms with Gasteiger partial charge in [-0.05, 0) is 82.1 Å². The van der Waals surface area contributed by atoms with Crippen molar-refractivity contribution in [2.45, 2.75) is 45.6 Å². The molecule has 1 unspecified atom stereocenters. The minimum absolute atomic E-state index is 0.0319. The third-order valence-electron chi connectivity index (χ3n) is 4.94. The Morgan fingerprint density at radius 3 is 2.15 bits per heavy atom. The summed E-state index contributed by atoms with van der Waals surface area (Å²) in [5.41, 5.74) is 3.93. The first-order valence-electron chi connectivity index (χ1n) is 10.3. The van der Waals surface area contributed by atoms with Crippen LogP contribution in [0.4, 0.5) is 17.3 Å². The lowest BCUT2D eigenvalue weighted by molar-refractivity contribution is -0.126. The molecule has 0 saturated carbocycles. The first kappa shape index (κ1) is 24.8. The molecule has 0 aliphatic rings. The van der Waals surface area contributed by atoms with Gasteiger partial charge < -0.3 is 9.84 Å². The minimum Gasteiger partial charge on any atom is -0.337 e. The molecule has 2 N–H and O–H groups in total. The molecule has 0 radical (unpaired) electrons. The highest BCUT2D eigenvalue weighted by atomic mass is 32.2. The van der Waals surface area contributed by atoms with Crippen LogP contribution in [-0.4, -0.2) is 31.3 Å². The molecule has 1 aromatic heterocycles. The lowest BCUT2D eigenvalue weighted by atomic mass is 10.1. The first-order valence-corrected chi connectivity index (χ1v) is 11.8. The molecular weight excluding hydrogens is 458 g/mol. The van der Waals surface area contributed by atoms with Crippen LogP contribution in [0, 0.1) is 27.7 Å². The van der Waals surface area contributed by atoms with Gasteiger partial charge in [0.1, 0.15) is 0 Å². The van der Waals surface area contributed by atoms with Crippen LogP contribution in [0.2, 0.25) is 0 Å². The minimum atomic E-state index is -3.91. The summed E-state index contributed by atoms with van der Waals surface area (Å²) in [6.45, 7) is 8.44. The molecule has 2 aromatic carbocycles. The van der Waals surface area contributed by atoms with E-state index in [4.69, 9.17) is 4.52 Å². The number of aromatic nitrogens is 1. The average Bonchev–Trinajstić information content (AvgIpc) is 3.05. The van der Waals surface area contributed by atoms with Gasteiger partial charge in [0.25, 0.3) is 15.9 Å². The molecule has 1 amide bonds. The number of sulfonamides is 1. The standard InChI is InChI=1S/C23H25N5O5S/c1-13-10-14(2)12-19(11-13)24-22(30)21(17(5)29)26-25-18-6-8-20(9-7-18)34(31,32)28-23-15(3)16(4)27-33-23/h6-12,21,28H,1-5H3,(H,24,30). The quantitative estimate of drug-likeness (QED) is 0.359. The molecule has 34 heavy (non-hydrogen) atoms. The summed E-state index contributed by atoms with van der Waals surface area (Å²) >= 11 is 0. The van der Waals surface area contributed by atoms with Gasteiger partial charge in [0.05, 0.1) is 16.3 Å². The lowest BCUT2D eigenvalue weighted by Gasteiger charge is -2.11. The zero-order valence-electron chi connectivity index (χ0n) is 19.4. The predicted octanol–water partition coefficient (Wildman–Crippen LogP) is 4.39. The zero-order chi connectivity index (χ0) is 25.0. The van der Waals surface area contributed by atoms with E-state index in [-0.39, 0.29) is 16.5 Å². The molecule has 3 aromatic rings. The second-order valence-corrected chi connectivity index (χ2v) is 9.60. The number of anilines is 2. The molecule has 1 atom stereocenters. The summed E-state index contributed by atoms with van der Waals surface area (Å²) in [6, 6.07) is 9.67. The Morgan fingerprint density at radius 1 is 1.00 bits per heavy atom. The van der Waals surface area contributed by atoms with E-state index < -0.39 is 27.8 Å². The van der Waals surface area contributed by atoms with Crippen molar-refractivity contribution < 1.29 is 22.5 Å². The summed E-state index contributed by atoms with van der Waals surface area (Å²) in [4.78, 5) is 24.6. The van der Waals surface area contributed by atoms with Gasteiger partial charge in [-0.25, -0.2) is 13.1 Å². The molecule has 0 fully saturated rings. The second kappa shape index (κ2) is 9.96. The number of carbonyl (C=O) groups is 2. The Labute approximate surface area is 197 Å². The van der Waals surface area contributed by atoms with Crippen molar-refractivity contribution in [3.63, 3.8) is 0 Å². The molecule has 0 aliphatic carbocycles. The van der Waals surface area contributed by atoms with E-state index in [1.165, 1.54) is 31.2 Å². The van der Waals surface area contributed by atoms with E-state index >= 15 is 0 Å². The summed E-state index contributed by atoms with van der Waals surface area (Å²) in [7, 11) is -3.91. The Hall–Kier alpha value is -3.86. The number of hydrogen-bond acceptors (Lipinski definition) is 8. The van der Waals surface area contributed by atoms with E-state index in [1.54, 1.807) is 26.0 Å². The molecule has 0 spiro atoms. The van der Waals surface area contributed by atoms with Gasteiger partial charge in [-0.3, -0.25) is 9.59 Å². The molecule has 178 valence electrons. The van der Waals surface area contributed by atoms with Crippen LogP contribution < -0.4 is 10.0 Å². The number of rotatable bonds is 8. The largest absolute Gasteiger partial charge is 0.337 e. The van der Waals surface area contributed by atoms with E-state index in [1.807, 2.05) is 19.9 Å². The van der Waals surface area contributed by atoms with Crippen molar-refractivity contribution in [2.24, 2.45) is 10.2 Å². The average molecular weight is 484 g/mol. The maximum atomic E-state index is 12.6. The molecule has 0 bridgehead atoms. The topological polar surface area (TPSA) is 143 Å². The molecular formula is C23H25N5O5S. The van der Waals surface area contributed by atoms with Gasteiger partial charge in [0, 0.05) is 11.3 Å². The Morgan fingerprint density at radius 2 is 1.62 bits per heavy atom. The second-order valence-electron chi connectivity index (χ2n) is 7.92. The maximum Gasteiger partial charge on any atom is 0.264 e. The van der Waals surface area contributed by atoms with Crippen LogP contribution in [0.15, 0.2) is 62.1 Å². The monoisotopic (exact) mass is 483 g/mol. The molecule has 3 rings (SSSR count). The van der Waals surface area contributed by atoms with Crippen molar-refractivity contribution in [1.82, 2.24) is 5.16 Å². The lowest BCUT2D eigenvalue weighted by Crippen LogP contribution is -2.31. The molecule has 11 heteroatoms. The van der Waals surface area contributed by atoms with Crippen molar-refractivity contribution in [2.75, 3.05) is 10.0 Å². The highest BCUT2D eigenvalue weighted by molar-refractivity contribution is 7.92. The van der Waals surface area contributed by atoms with Crippen LogP contribution >= 0.6 is 0 Å². The van der Waals surface area contributed by atoms with Gasteiger partial charge in [-0.1, -0.05) is 11.2 Å². The number of nitrogens with zero attached hydrogens (tertiary/aromatic N) is 3. The number of ketones is 1. The SMILES string of the molecule is CC(=O)C(N=Nc1ccc(S(=O)(=O)Nc2onc(C)c2C)cc1)C(=O)Nc1cc(C)cc(C)c1. The molecule has 0 aliphatic heterocycles. The summed E-state index contributed by atoms with van der Waals surface area (Å²) < 4.78 is 32.5. The molecule has 1 heterocycles. The van der Waals surface area contributed by atoms with Crippen LogP contribution in [0.1, 0.15) is 29.3 Å². The fraction of sp³-hybridized carbons (Fsp3) is 0.261. The molecule has 0 saturated heterocycles. The van der Waals surface area contributed by atoms with Gasteiger partial charge in [0.2, 0.25) is 11.9 Å². The normalized spacial score (nSPS) is 12.5. The van der Waals surface area contributed by atoms with E-state index in [9.17, 15) is 18.0 Å². The van der Waals surface area contributed by atoms with Gasteiger partial charge in [-0.2, -0.15) is 10.2 Å². The van der Waals surface area contributed by atoms with Crippen LogP contribution in [-0.2, 0) is 19.6 Å². The third-order valence-corrected chi connectivity index (χ3v) is 6.29. The van der Waals surface area contributed by atoms with E-state index in [2.05, 4.69) is 25.4 Å². The van der Waals surface area contributed by atoms with Crippen LogP contribution in [0.5, 0.6) is 0 Å². The smallest absolute Gasteiger partial charge is 0.264 e. The Kier molecular flexibility index (Phi) is 7.26. The van der Waals surface area contributed by atoms with E-state index in [0.29, 0.717) is 16.9 Å². The zero-order valence-corrected chi connectivity index (χ0v) is 20.2. The number of carbonyl (C=O) groups excluding carboxylic acids is 2. The summed E-state index contributed by atoms with van der Waals surface area (Å²) in [5, 5.41) is 14.2. The Bertz CT molecular complexity index is 1340. The van der Waals surface area contributed by atoms with Crippen LogP contribution in [0.25, 0.3) is 0 Å². The number of azo groups is 1.